The minimum Gasteiger partial charge on any atom is -0.492 e. The largest absolute Gasteiger partial charge is 0.492 e. The van der Waals surface area contributed by atoms with Crippen LogP contribution in [0.5, 0.6) is 5.75 Å². The molecular weight excluding hydrogens is 286 g/mol. The van der Waals surface area contributed by atoms with Crippen molar-refractivity contribution in [3.63, 3.8) is 0 Å². The smallest absolute Gasteiger partial charge is 0.243 e. The Kier molecular flexibility index (Phi) is 5.64. The molecule has 0 aliphatic carbocycles. The summed E-state index contributed by atoms with van der Waals surface area (Å²) in [6, 6.07) is 3.14. The molecule has 19 heavy (non-hydrogen) atoms. The zero-order chi connectivity index (χ0) is 14.6. The van der Waals surface area contributed by atoms with Crippen LogP contribution in [0, 0.1) is 6.92 Å². The van der Waals surface area contributed by atoms with Gasteiger partial charge < -0.3 is 4.74 Å². The van der Waals surface area contributed by atoms with E-state index >= 15 is 0 Å². The highest BCUT2D eigenvalue weighted by Crippen LogP contribution is 2.31. The van der Waals surface area contributed by atoms with Gasteiger partial charge in [0.25, 0.3) is 0 Å². The first kappa shape index (κ1) is 16.3. The van der Waals surface area contributed by atoms with Crippen LogP contribution in [0.25, 0.3) is 0 Å². The summed E-state index contributed by atoms with van der Waals surface area (Å²) in [5.74, 6) is 0.514. The van der Waals surface area contributed by atoms with E-state index in [4.69, 9.17) is 16.3 Å². The third kappa shape index (κ3) is 3.41. The fraction of sp³-hybridized carbons (Fsp3) is 0.538. The van der Waals surface area contributed by atoms with E-state index in [0.717, 1.165) is 0 Å². The first-order valence-electron chi connectivity index (χ1n) is 6.31. The fourth-order valence-corrected chi connectivity index (χ4v) is 3.86. The molecule has 0 atom stereocenters. The standard InChI is InChI=1S/C13H20ClNO3S/c1-5-15(6-2)19(16,17)13-9-11(14)12(18-7-3)8-10(13)4/h8-9H,5-7H2,1-4H3. The molecule has 108 valence electrons. The van der Waals surface area contributed by atoms with E-state index in [0.29, 0.717) is 36.0 Å². The Morgan fingerprint density at radius 3 is 2.26 bits per heavy atom. The number of ether oxygens (including phenoxy) is 1. The van der Waals surface area contributed by atoms with E-state index < -0.39 is 10.0 Å². The molecule has 0 aliphatic rings. The third-order valence-electron chi connectivity index (χ3n) is 2.85. The van der Waals surface area contributed by atoms with Crippen LogP contribution in [-0.4, -0.2) is 32.4 Å². The lowest BCUT2D eigenvalue weighted by atomic mass is 10.2. The van der Waals surface area contributed by atoms with Crippen LogP contribution in [0.1, 0.15) is 26.3 Å². The van der Waals surface area contributed by atoms with E-state index in [9.17, 15) is 8.42 Å². The molecule has 4 nitrogen and oxygen atoms in total. The van der Waals surface area contributed by atoms with Crippen molar-refractivity contribution in [1.82, 2.24) is 4.31 Å². The van der Waals surface area contributed by atoms with Gasteiger partial charge >= 0.3 is 0 Å². The summed E-state index contributed by atoms with van der Waals surface area (Å²) in [5.41, 5.74) is 0.639. The molecule has 0 unspecified atom stereocenters. The molecule has 0 bridgehead atoms. The van der Waals surface area contributed by atoms with Crippen molar-refractivity contribution in [3.8, 4) is 5.75 Å². The molecule has 0 amide bonds. The molecule has 0 saturated carbocycles. The van der Waals surface area contributed by atoms with Crippen molar-refractivity contribution in [2.45, 2.75) is 32.6 Å². The number of halogens is 1. The van der Waals surface area contributed by atoms with Crippen LogP contribution in [-0.2, 0) is 10.0 Å². The van der Waals surface area contributed by atoms with E-state index in [1.165, 1.54) is 10.4 Å². The monoisotopic (exact) mass is 305 g/mol. The predicted octanol–water partition coefficient (Wildman–Crippen LogP) is 3.08. The minimum absolute atomic E-state index is 0.240. The lowest BCUT2D eigenvalue weighted by Gasteiger charge is -2.20. The van der Waals surface area contributed by atoms with Crippen LogP contribution in [0.15, 0.2) is 17.0 Å². The molecule has 0 N–H and O–H groups in total. The molecule has 0 radical (unpaired) electrons. The van der Waals surface area contributed by atoms with E-state index in [1.54, 1.807) is 13.0 Å². The van der Waals surface area contributed by atoms with Gasteiger partial charge in [0.1, 0.15) is 5.75 Å². The Morgan fingerprint density at radius 2 is 1.79 bits per heavy atom. The highest BCUT2D eigenvalue weighted by atomic mass is 35.5. The highest BCUT2D eigenvalue weighted by molar-refractivity contribution is 7.89. The lowest BCUT2D eigenvalue weighted by molar-refractivity contribution is 0.340. The third-order valence-corrected chi connectivity index (χ3v) is 5.34. The topological polar surface area (TPSA) is 46.6 Å². The predicted molar refractivity (Wildman–Crippen MR) is 77.5 cm³/mol. The molecule has 0 spiro atoms. The molecule has 0 heterocycles. The van der Waals surface area contributed by atoms with Gasteiger partial charge in [0, 0.05) is 13.1 Å². The quantitative estimate of drug-likeness (QED) is 0.811. The average Bonchev–Trinajstić information content (AvgIpc) is 2.34. The molecule has 0 saturated heterocycles. The molecule has 1 aromatic rings. The molecule has 1 rings (SSSR count). The number of nitrogens with zero attached hydrogens (tertiary/aromatic N) is 1. The molecule has 1 aromatic carbocycles. The van der Waals surface area contributed by atoms with Crippen LogP contribution in [0.3, 0.4) is 0 Å². The fourth-order valence-electron chi connectivity index (χ4n) is 1.88. The normalized spacial score (nSPS) is 11.9. The van der Waals surface area contributed by atoms with Gasteiger partial charge in [-0.15, -0.1) is 0 Å². The van der Waals surface area contributed by atoms with Crippen molar-refractivity contribution < 1.29 is 13.2 Å². The zero-order valence-electron chi connectivity index (χ0n) is 11.7. The van der Waals surface area contributed by atoms with Crippen molar-refractivity contribution in [2.75, 3.05) is 19.7 Å². The van der Waals surface area contributed by atoms with E-state index in [2.05, 4.69) is 0 Å². The minimum atomic E-state index is -3.49. The Hall–Kier alpha value is -0.780. The highest BCUT2D eigenvalue weighted by Gasteiger charge is 2.24. The van der Waals surface area contributed by atoms with Crippen LogP contribution >= 0.6 is 11.6 Å². The lowest BCUT2D eigenvalue weighted by Crippen LogP contribution is -2.31. The van der Waals surface area contributed by atoms with E-state index in [1.807, 2.05) is 20.8 Å². The van der Waals surface area contributed by atoms with Crippen molar-refractivity contribution >= 4 is 21.6 Å². The van der Waals surface area contributed by atoms with Gasteiger partial charge in [0.2, 0.25) is 10.0 Å². The molecule has 0 aromatic heterocycles. The summed E-state index contributed by atoms with van der Waals surface area (Å²) in [7, 11) is -3.49. The second-order valence-electron chi connectivity index (χ2n) is 4.07. The van der Waals surface area contributed by atoms with Crippen molar-refractivity contribution in [2.24, 2.45) is 0 Å². The SMILES string of the molecule is CCOc1cc(C)c(S(=O)(=O)N(CC)CC)cc1Cl. The summed E-state index contributed by atoms with van der Waals surface area (Å²) in [6.45, 7) is 8.58. The summed E-state index contributed by atoms with van der Waals surface area (Å²) in [4.78, 5) is 0.240. The number of aryl methyl sites for hydroxylation is 1. The Balaban J connectivity index is 3.32. The van der Waals surface area contributed by atoms with Gasteiger partial charge in [-0.1, -0.05) is 25.4 Å². The maximum absolute atomic E-state index is 12.5. The van der Waals surface area contributed by atoms with Gasteiger partial charge in [-0.2, -0.15) is 4.31 Å². The Morgan fingerprint density at radius 1 is 1.21 bits per heavy atom. The van der Waals surface area contributed by atoms with Crippen LogP contribution in [0.4, 0.5) is 0 Å². The average molecular weight is 306 g/mol. The maximum Gasteiger partial charge on any atom is 0.243 e. The first-order valence-corrected chi connectivity index (χ1v) is 8.13. The van der Waals surface area contributed by atoms with Gasteiger partial charge in [0.05, 0.1) is 16.5 Å². The molecular formula is C13H20ClNO3S. The van der Waals surface area contributed by atoms with E-state index in [-0.39, 0.29) is 4.90 Å². The number of sulfonamides is 1. The van der Waals surface area contributed by atoms with Crippen LogP contribution < -0.4 is 4.74 Å². The van der Waals surface area contributed by atoms with Crippen molar-refractivity contribution in [3.05, 3.63) is 22.7 Å². The second-order valence-corrected chi connectivity index (χ2v) is 6.38. The summed E-state index contributed by atoms with van der Waals surface area (Å²) in [6.07, 6.45) is 0. The number of rotatable bonds is 6. The molecule has 0 aliphatic heterocycles. The number of hydrogen-bond acceptors (Lipinski definition) is 3. The Bertz CT molecular complexity index is 539. The molecule has 6 heteroatoms. The number of benzene rings is 1. The molecule has 0 fully saturated rings. The second kappa shape index (κ2) is 6.59. The van der Waals surface area contributed by atoms with Gasteiger partial charge in [-0.3, -0.25) is 0 Å². The number of hydrogen-bond donors (Lipinski definition) is 0. The van der Waals surface area contributed by atoms with Gasteiger partial charge in [0.15, 0.2) is 0 Å². The first-order chi connectivity index (χ1) is 8.88. The maximum atomic E-state index is 12.5. The Labute approximate surface area is 120 Å². The summed E-state index contributed by atoms with van der Waals surface area (Å²) < 4.78 is 31.7. The van der Waals surface area contributed by atoms with Gasteiger partial charge in [-0.05, 0) is 31.5 Å². The summed E-state index contributed by atoms with van der Waals surface area (Å²) >= 11 is 6.07. The van der Waals surface area contributed by atoms with Crippen LogP contribution in [0.2, 0.25) is 5.02 Å². The van der Waals surface area contributed by atoms with Gasteiger partial charge in [-0.25, -0.2) is 8.42 Å². The van der Waals surface area contributed by atoms with Crippen molar-refractivity contribution in [1.29, 1.82) is 0 Å². The summed E-state index contributed by atoms with van der Waals surface area (Å²) in [5, 5.41) is 0.318. The zero-order valence-corrected chi connectivity index (χ0v) is 13.3.